The van der Waals surface area contributed by atoms with Crippen LogP contribution in [0.3, 0.4) is 0 Å². The van der Waals surface area contributed by atoms with E-state index < -0.39 is 0 Å². The predicted molar refractivity (Wildman–Crippen MR) is 52.8 cm³/mol. The van der Waals surface area contributed by atoms with Gasteiger partial charge in [-0.2, -0.15) is 5.26 Å². The summed E-state index contributed by atoms with van der Waals surface area (Å²) in [7, 11) is 0. The summed E-state index contributed by atoms with van der Waals surface area (Å²) >= 11 is 3.36. The van der Waals surface area contributed by atoms with Crippen molar-refractivity contribution < 1.29 is 0 Å². The highest BCUT2D eigenvalue weighted by Crippen LogP contribution is 2.20. The zero-order valence-electron chi connectivity index (χ0n) is 6.92. The maximum absolute atomic E-state index is 8.79. The van der Waals surface area contributed by atoms with Crippen LogP contribution in [0.4, 0.5) is 0 Å². The SMILES string of the molecule is CC[C@H](C#N)c1ccc(Br)cc1. The summed E-state index contributed by atoms with van der Waals surface area (Å²) in [6.07, 6.45) is 0.873. The summed E-state index contributed by atoms with van der Waals surface area (Å²) in [4.78, 5) is 0. The van der Waals surface area contributed by atoms with Gasteiger partial charge in [0, 0.05) is 4.47 Å². The molecule has 0 unspecified atom stereocenters. The van der Waals surface area contributed by atoms with Crippen LogP contribution in [0.15, 0.2) is 28.7 Å². The molecule has 62 valence electrons. The molecule has 0 amide bonds. The van der Waals surface area contributed by atoms with Gasteiger partial charge >= 0.3 is 0 Å². The minimum Gasteiger partial charge on any atom is -0.198 e. The molecule has 1 aromatic rings. The Hall–Kier alpha value is -0.810. The van der Waals surface area contributed by atoms with Crippen molar-refractivity contribution in [1.82, 2.24) is 0 Å². The third-order valence-electron chi connectivity index (χ3n) is 1.84. The molecule has 0 aliphatic carbocycles. The molecule has 1 atom stereocenters. The third-order valence-corrected chi connectivity index (χ3v) is 2.37. The maximum atomic E-state index is 8.79. The lowest BCUT2D eigenvalue weighted by Crippen LogP contribution is -1.92. The summed E-state index contributed by atoms with van der Waals surface area (Å²) in [5.74, 6) is 0.0399. The van der Waals surface area contributed by atoms with E-state index >= 15 is 0 Å². The second-order valence-corrected chi connectivity index (χ2v) is 3.56. The first-order valence-electron chi connectivity index (χ1n) is 3.93. The average Bonchev–Trinajstić information content (AvgIpc) is 2.10. The van der Waals surface area contributed by atoms with Crippen molar-refractivity contribution >= 4 is 15.9 Å². The fourth-order valence-electron chi connectivity index (χ4n) is 1.10. The van der Waals surface area contributed by atoms with E-state index in [1.54, 1.807) is 0 Å². The standard InChI is InChI=1S/C10H10BrN/c1-2-8(7-12)9-3-5-10(11)6-4-9/h3-6,8H,2H2,1H3/t8-/m1/s1. The van der Waals surface area contributed by atoms with Gasteiger partial charge in [-0.1, -0.05) is 35.0 Å². The fraction of sp³-hybridized carbons (Fsp3) is 0.300. The molecule has 0 heterocycles. The summed E-state index contributed by atoms with van der Waals surface area (Å²) in [6.45, 7) is 2.02. The zero-order chi connectivity index (χ0) is 8.97. The van der Waals surface area contributed by atoms with Gasteiger partial charge in [0.25, 0.3) is 0 Å². The molecule has 0 saturated carbocycles. The lowest BCUT2D eigenvalue weighted by Gasteiger charge is -2.04. The second-order valence-electron chi connectivity index (χ2n) is 2.64. The Kier molecular flexibility index (Phi) is 3.31. The minimum atomic E-state index is 0.0399. The van der Waals surface area contributed by atoms with E-state index in [0.29, 0.717) is 0 Å². The summed E-state index contributed by atoms with van der Waals surface area (Å²) in [6, 6.07) is 10.2. The Labute approximate surface area is 81.2 Å². The van der Waals surface area contributed by atoms with Crippen molar-refractivity contribution in [3.63, 3.8) is 0 Å². The zero-order valence-corrected chi connectivity index (χ0v) is 8.51. The van der Waals surface area contributed by atoms with E-state index in [1.165, 1.54) is 0 Å². The van der Waals surface area contributed by atoms with Crippen LogP contribution in [0, 0.1) is 11.3 Å². The van der Waals surface area contributed by atoms with Crippen LogP contribution in [0.5, 0.6) is 0 Å². The Morgan fingerprint density at radius 1 is 1.42 bits per heavy atom. The predicted octanol–water partition coefficient (Wildman–Crippen LogP) is 3.47. The molecule has 0 radical (unpaired) electrons. The van der Waals surface area contributed by atoms with Crippen LogP contribution < -0.4 is 0 Å². The quantitative estimate of drug-likeness (QED) is 0.754. The van der Waals surface area contributed by atoms with E-state index in [2.05, 4.69) is 22.0 Å². The van der Waals surface area contributed by atoms with Crippen molar-refractivity contribution in [3.05, 3.63) is 34.3 Å². The van der Waals surface area contributed by atoms with Crippen LogP contribution in [-0.2, 0) is 0 Å². The first kappa shape index (κ1) is 9.28. The van der Waals surface area contributed by atoms with Crippen LogP contribution in [0.2, 0.25) is 0 Å². The van der Waals surface area contributed by atoms with Crippen molar-refractivity contribution in [2.45, 2.75) is 19.3 Å². The molecule has 1 nitrogen and oxygen atoms in total. The van der Waals surface area contributed by atoms with Crippen LogP contribution >= 0.6 is 15.9 Å². The van der Waals surface area contributed by atoms with E-state index in [0.717, 1.165) is 16.5 Å². The normalized spacial score (nSPS) is 12.1. The fourth-order valence-corrected chi connectivity index (χ4v) is 1.36. The number of benzene rings is 1. The molecule has 0 aliphatic rings. The van der Waals surface area contributed by atoms with E-state index in [4.69, 9.17) is 5.26 Å². The Morgan fingerprint density at radius 2 is 2.00 bits per heavy atom. The van der Waals surface area contributed by atoms with Gasteiger partial charge in [0.05, 0.1) is 12.0 Å². The molecule has 1 aromatic carbocycles. The Morgan fingerprint density at radius 3 is 2.42 bits per heavy atom. The third kappa shape index (κ3) is 2.09. The molecule has 0 aliphatic heterocycles. The van der Waals surface area contributed by atoms with E-state index in [1.807, 2.05) is 31.2 Å². The molecule has 0 spiro atoms. The highest BCUT2D eigenvalue weighted by atomic mass is 79.9. The summed E-state index contributed by atoms with van der Waals surface area (Å²) in [5, 5.41) is 8.79. The van der Waals surface area contributed by atoms with Crippen molar-refractivity contribution in [2.24, 2.45) is 0 Å². The molecule has 0 saturated heterocycles. The highest BCUT2D eigenvalue weighted by Gasteiger charge is 2.06. The van der Waals surface area contributed by atoms with Gasteiger partial charge in [-0.15, -0.1) is 0 Å². The van der Waals surface area contributed by atoms with Crippen molar-refractivity contribution in [1.29, 1.82) is 5.26 Å². The second kappa shape index (κ2) is 4.27. The van der Waals surface area contributed by atoms with Gasteiger partial charge in [0.15, 0.2) is 0 Å². The molecule has 1 rings (SSSR count). The average molecular weight is 224 g/mol. The van der Waals surface area contributed by atoms with Gasteiger partial charge in [0.1, 0.15) is 0 Å². The van der Waals surface area contributed by atoms with Crippen molar-refractivity contribution in [2.75, 3.05) is 0 Å². The number of rotatable bonds is 2. The van der Waals surface area contributed by atoms with Gasteiger partial charge in [-0.3, -0.25) is 0 Å². The van der Waals surface area contributed by atoms with Crippen LogP contribution in [0.1, 0.15) is 24.8 Å². The topological polar surface area (TPSA) is 23.8 Å². The number of nitriles is 1. The molecule has 2 heteroatoms. The minimum absolute atomic E-state index is 0.0399. The monoisotopic (exact) mass is 223 g/mol. The Bertz CT molecular complexity index is 284. The van der Waals surface area contributed by atoms with E-state index in [-0.39, 0.29) is 5.92 Å². The molecular weight excluding hydrogens is 214 g/mol. The molecule has 0 N–H and O–H groups in total. The van der Waals surface area contributed by atoms with Gasteiger partial charge in [-0.05, 0) is 24.1 Å². The van der Waals surface area contributed by atoms with Gasteiger partial charge in [0.2, 0.25) is 0 Å². The number of hydrogen-bond donors (Lipinski definition) is 0. The van der Waals surface area contributed by atoms with Crippen molar-refractivity contribution in [3.8, 4) is 6.07 Å². The van der Waals surface area contributed by atoms with E-state index in [9.17, 15) is 0 Å². The Balaban J connectivity index is 2.89. The summed E-state index contributed by atoms with van der Waals surface area (Å²) in [5.41, 5.74) is 1.10. The smallest absolute Gasteiger partial charge is 0.0710 e. The first-order valence-corrected chi connectivity index (χ1v) is 4.72. The largest absolute Gasteiger partial charge is 0.198 e. The molecule has 0 fully saturated rings. The highest BCUT2D eigenvalue weighted by molar-refractivity contribution is 9.10. The maximum Gasteiger partial charge on any atom is 0.0710 e. The van der Waals surface area contributed by atoms with Crippen LogP contribution in [-0.4, -0.2) is 0 Å². The number of nitrogens with zero attached hydrogens (tertiary/aromatic N) is 1. The van der Waals surface area contributed by atoms with Gasteiger partial charge < -0.3 is 0 Å². The molecule has 12 heavy (non-hydrogen) atoms. The lowest BCUT2D eigenvalue weighted by atomic mass is 9.98. The van der Waals surface area contributed by atoms with Crippen LogP contribution in [0.25, 0.3) is 0 Å². The number of hydrogen-bond acceptors (Lipinski definition) is 1. The number of halogens is 1. The molecular formula is C10H10BrN. The lowest BCUT2D eigenvalue weighted by molar-refractivity contribution is 0.818. The molecule has 0 aromatic heterocycles. The molecule has 0 bridgehead atoms. The van der Waals surface area contributed by atoms with Gasteiger partial charge in [-0.25, -0.2) is 0 Å². The first-order chi connectivity index (χ1) is 5.77. The summed E-state index contributed by atoms with van der Waals surface area (Å²) < 4.78 is 1.05.